The quantitative estimate of drug-likeness (QED) is 0.895. The highest BCUT2D eigenvalue weighted by atomic mass is 32.1. The zero-order chi connectivity index (χ0) is 13.9. The number of piperidine rings is 1. The number of anilines is 1. The molecule has 1 saturated heterocycles. The Hall–Kier alpha value is -1.06. The van der Waals surface area contributed by atoms with Gasteiger partial charge in [0.15, 0.2) is 0 Å². The Labute approximate surface area is 125 Å². The maximum absolute atomic E-state index is 3.71. The molecular weight excluding hydrogens is 264 g/mol. The monoisotopic (exact) mass is 288 g/mol. The summed E-state index contributed by atoms with van der Waals surface area (Å²) in [5.41, 5.74) is 1.27. The van der Waals surface area contributed by atoms with Crippen LogP contribution in [-0.4, -0.2) is 30.6 Å². The zero-order valence-corrected chi connectivity index (χ0v) is 13.2. The molecule has 1 aromatic carbocycles. The molecule has 2 aromatic rings. The van der Waals surface area contributed by atoms with Crippen LogP contribution in [0, 0.1) is 5.92 Å². The molecule has 1 aliphatic heterocycles. The van der Waals surface area contributed by atoms with Crippen LogP contribution in [0.3, 0.4) is 0 Å². The molecule has 0 amide bonds. The summed E-state index contributed by atoms with van der Waals surface area (Å²) >= 11 is 1.81. The molecule has 108 valence electrons. The molecule has 1 unspecified atom stereocenters. The third-order valence-electron chi connectivity index (χ3n) is 4.63. The van der Waals surface area contributed by atoms with Gasteiger partial charge in [0.1, 0.15) is 0 Å². The third-order valence-corrected chi connectivity index (χ3v) is 5.53. The molecule has 3 rings (SSSR count). The Balaban J connectivity index is 1.62. The molecule has 1 atom stereocenters. The largest absolute Gasteiger partial charge is 0.382 e. The van der Waals surface area contributed by atoms with Crippen LogP contribution >= 0.6 is 11.3 Å². The van der Waals surface area contributed by atoms with Gasteiger partial charge in [-0.2, -0.15) is 0 Å². The van der Waals surface area contributed by atoms with E-state index in [4.69, 9.17) is 0 Å². The summed E-state index contributed by atoms with van der Waals surface area (Å²) in [5.74, 6) is 0.802. The van der Waals surface area contributed by atoms with Gasteiger partial charge in [-0.1, -0.05) is 6.92 Å². The first-order valence-electron chi connectivity index (χ1n) is 7.72. The number of thiophene rings is 1. The Morgan fingerprint density at radius 1 is 1.30 bits per heavy atom. The second-order valence-electron chi connectivity index (χ2n) is 5.88. The maximum Gasteiger partial charge on any atom is 0.0349 e. The van der Waals surface area contributed by atoms with E-state index in [0.717, 1.165) is 5.92 Å². The van der Waals surface area contributed by atoms with E-state index in [9.17, 15) is 0 Å². The van der Waals surface area contributed by atoms with Gasteiger partial charge >= 0.3 is 0 Å². The Bertz CT molecular complexity index is 555. The van der Waals surface area contributed by atoms with Crippen LogP contribution in [0.2, 0.25) is 0 Å². The fourth-order valence-electron chi connectivity index (χ4n) is 3.21. The van der Waals surface area contributed by atoms with E-state index in [1.165, 1.54) is 48.2 Å². The van der Waals surface area contributed by atoms with Gasteiger partial charge in [0, 0.05) is 16.4 Å². The lowest BCUT2D eigenvalue weighted by Gasteiger charge is -2.34. The van der Waals surface area contributed by atoms with E-state index in [-0.39, 0.29) is 0 Å². The van der Waals surface area contributed by atoms with Crippen molar-refractivity contribution in [1.82, 2.24) is 4.90 Å². The molecule has 0 aliphatic carbocycles. The van der Waals surface area contributed by atoms with Crippen molar-refractivity contribution < 1.29 is 0 Å². The summed E-state index contributed by atoms with van der Waals surface area (Å²) in [6.45, 7) is 8.32. The topological polar surface area (TPSA) is 15.3 Å². The van der Waals surface area contributed by atoms with Crippen LogP contribution in [0.15, 0.2) is 29.6 Å². The molecule has 0 radical (unpaired) electrons. The van der Waals surface area contributed by atoms with Crippen LogP contribution in [0.25, 0.3) is 10.1 Å². The summed E-state index contributed by atoms with van der Waals surface area (Å²) in [6.07, 6.45) is 2.64. The van der Waals surface area contributed by atoms with Gasteiger partial charge in [0.05, 0.1) is 0 Å². The predicted octanol–water partition coefficient (Wildman–Crippen LogP) is 4.43. The van der Waals surface area contributed by atoms with E-state index >= 15 is 0 Å². The van der Waals surface area contributed by atoms with Crippen molar-refractivity contribution in [3.05, 3.63) is 29.6 Å². The van der Waals surface area contributed by atoms with Gasteiger partial charge in [0.2, 0.25) is 0 Å². The molecule has 0 saturated carbocycles. The first-order chi connectivity index (χ1) is 9.76. The normalized spacial score (nSPS) is 19.3. The van der Waals surface area contributed by atoms with Crippen molar-refractivity contribution in [3.63, 3.8) is 0 Å². The standard InChI is InChI=1S/C17H24N2S/c1-3-19-9-6-14(7-10-19)13(2)18-16-4-5-17-15(12-16)8-11-20-17/h4-5,8,11-14,18H,3,6-7,9-10H2,1-2H3. The van der Waals surface area contributed by atoms with Crippen molar-refractivity contribution in [1.29, 1.82) is 0 Å². The Kier molecular flexibility index (Phi) is 4.27. The van der Waals surface area contributed by atoms with Crippen LogP contribution in [-0.2, 0) is 0 Å². The fraction of sp³-hybridized carbons (Fsp3) is 0.529. The number of benzene rings is 1. The van der Waals surface area contributed by atoms with E-state index in [1.54, 1.807) is 0 Å². The molecule has 20 heavy (non-hydrogen) atoms. The van der Waals surface area contributed by atoms with Crippen molar-refractivity contribution in [2.75, 3.05) is 25.0 Å². The fourth-order valence-corrected chi connectivity index (χ4v) is 3.98. The van der Waals surface area contributed by atoms with E-state index < -0.39 is 0 Å². The van der Waals surface area contributed by atoms with Crippen LogP contribution in [0.5, 0.6) is 0 Å². The minimum absolute atomic E-state index is 0.560. The molecule has 0 spiro atoms. The van der Waals surface area contributed by atoms with E-state index in [1.807, 2.05) is 11.3 Å². The van der Waals surface area contributed by atoms with Crippen LogP contribution < -0.4 is 5.32 Å². The molecular formula is C17H24N2S. The molecule has 1 aliphatic rings. The first kappa shape index (κ1) is 13.9. The first-order valence-corrected chi connectivity index (χ1v) is 8.60. The molecule has 1 N–H and O–H groups in total. The minimum Gasteiger partial charge on any atom is -0.382 e. The van der Waals surface area contributed by atoms with Crippen molar-refractivity contribution in [2.45, 2.75) is 32.7 Å². The number of nitrogens with zero attached hydrogens (tertiary/aromatic N) is 1. The summed E-state index contributed by atoms with van der Waals surface area (Å²) in [5, 5.41) is 7.23. The lowest BCUT2D eigenvalue weighted by molar-refractivity contribution is 0.183. The maximum atomic E-state index is 3.71. The number of likely N-dealkylation sites (tertiary alicyclic amines) is 1. The molecule has 1 fully saturated rings. The molecule has 3 heteroatoms. The summed E-state index contributed by atoms with van der Waals surface area (Å²) < 4.78 is 1.37. The van der Waals surface area contributed by atoms with Gasteiger partial charge < -0.3 is 10.2 Å². The van der Waals surface area contributed by atoms with Crippen molar-refractivity contribution >= 4 is 27.1 Å². The highest BCUT2D eigenvalue weighted by Gasteiger charge is 2.22. The lowest BCUT2D eigenvalue weighted by atomic mass is 9.90. The van der Waals surface area contributed by atoms with Crippen LogP contribution in [0.1, 0.15) is 26.7 Å². The molecule has 1 aromatic heterocycles. The average Bonchev–Trinajstić information content (AvgIpc) is 2.95. The number of nitrogens with one attached hydrogen (secondary N) is 1. The SMILES string of the molecule is CCN1CCC(C(C)Nc2ccc3sccc3c2)CC1. The predicted molar refractivity (Wildman–Crippen MR) is 89.7 cm³/mol. The third kappa shape index (κ3) is 2.99. The second-order valence-corrected chi connectivity index (χ2v) is 6.83. The lowest BCUT2D eigenvalue weighted by Crippen LogP contribution is -2.39. The minimum atomic E-state index is 0.560. The van der Waals surface area contributed by atoms with E-state index in [0.29, 0.717) is 6.04 Å². The van der Waals surface area contributed by atoms with Gasteiger partial charge in [-0.25, -0.2) is 0 Å². The Morgan fingerprint density at radius 2 is 2.10 bits per heavy atom. The molecule has 0 bridgehead atoms. The average molecular weight is 288 g/mol. The van der Waals surface area contributed by atoms with Crippen LogP contribution in [0.4, 0.5) is 5.69 Å². The zero-order valence-electron chi connectivity index (χ0n) is 12.4. The van der Waals surface area contributed by atoms with Gasteiger partial charge in [-0.15, -0.1) is 11.3 Å². The second kappa shape index (κ2) is 6.15. The van der Waals surface area contributed by atoms with Gasteiger partial charge in [0.25, 0.3) is 0 Å². The number of hydrogen-bond acceptors (Lipinski definition) is 3. The van der Waals surface area contributed by atoms with Crippen molar-refractivity contribution in [3.8, 4) is 0 Å². The van der Waals surface area contributed by atoms with Crippen molar-refractivity contribution in [2.24, 2.45) is 5.92 Å². The van der Waals surface area contributed by atoms with Gasteiger partial charge in [-0.05, 0) is 80.3 Å². The summed E-state index contributed by atoms with van der Waals surface area (Å²) in [6, 6.07) is 9.50. The molecule has 2 heterocycles. The number of hydrogen-bond donors (Lipinski definition) is 1. The smallest absolute Gasteiger partial charge is 0.0349 e. The summed E-state index contributed by atoms with van der Waals surface area (Å²) in [4.78, 5) is 2.56. The van der Waals surface area contributed by atoms with E-state index in [2.05, 4.69) is 53.7 Å². The highest BCUT2D eigenvalue weighted by molar-refractivity contribution is 7.17. The Morgan fingerprint density at radius 3 is 2.85 bits per heavy atom. The highest BCUT2D eigenvalue weighted by Crippen LogP contribution is 2.27. The van der Waals surface area contributed by atoms with Gasteiger partial charge in [-0.3, -0.25) is 0 Å². The number of fused-ring (bicyclic) bond motifs is 1. The number of rotatable bonds is 4. The molecule has 2 nitrogen and oxygen atoms in total. The summed E-state index contributed by atoms with van der Waals surface area (Å²) in [7, 11) is 0.